The van der Waals surface area contributed by atoms with Crippen molar-refractivity contribution >= 4 is 16.2 Å². The highest BCUT2D eigenvalue weighted by Crippen LogP contribution is 2.36. The van der Waals surface area contributed by atoms with Crippen molar-refractivity contribution in [1.82, 2.24) is 14.8 Å². The zero-order valence-corrected chi connectivity index (χ0v) is 23.7. The molecule has 224 valence electrons. The third-order valence-electron chi connectivity index (χ3n) is 7.19. The van der Waals surface area contributed by atoms with Crippen molar-refractivity contribution in [3.05, 3.63) is 29.2 Å². The summed E-state index contributed by atoms with van der Waals surface area (Å²) in [5, 5.41) is 4.22. The monoisotopic (exact) mass is 594 g/mol. The smallest absolute Gasteiger partial charge is 0.391 e. The second kappa shape index (κ2) is 13.3. The lowest BCUT2D eigenvalue weighted by molar-refractivity contribution is -0.169. The van der Waals surface area contributed by atoms with E-state index in [-0.39, 0.29) is 34.8 Å². The first-order chi connectivity index (χ1) is 18.7. The number of ether oxygens (including phenoxy) is 2. The number of sulfone groups is 1. The van der Waals surface area contributed by atoms with Crippen LogP contribution >= 0.6 is 0 Å². The van der Waals surface area contributed by atoms with E-state index >= 15 is 0 Å². The largest absolute Gasteiger partial charge is 0.477 e. The minimum Gasteiger partial charge on any atom is -0.477 e. The zero-order valence-electron chi connectivity index (χ0n) is 22.9. The van der Waals surface area contributed by atoms with Gasteiger partial charge in [0.1, 0.15) is 27.9 Å². The van der Waals surface area contributed by atoms with Crippen LogP contribution in [0.2, 0.25) is 0 Å². The lowest BCUT2D eigenvalue weighted by Gasteiger charge is -2.26. The molecule has 8 nitrogen and oxygen atoms in total. The van der Waals surface area contributed by atoms with E-state index in [0.29, 0.717) is 42.9 Å². The first-order valence-corrected chi connectivity index (χ1v) is 15.0. The Hall–Kier alpha value is -2.77. The Labute approximate surface area is 230 Å². The number of rotatable bonds is 12. The van der Waals surface area contributed by atoms with Gasteiger partial charge in [-0.3, -0.25) is 14.7 Å². The van der Waals surface area contributed by atoms with E-state index in [0.717, 1.165) is 25.8 Å². The quantitative estimate of drug-likeness (QED) is 0.176. The van der Waals surface area contributed by atoms with Crippen LogP contribution in [0.5, 0.6) is 5.75 Å². The molecule has 0 aromatic carbocycles. The Bertz CT molecular complexity index is 1270. The van der Waals surface area contributed by atoms with E-state index in [4.69, 9.17) is 4.74 Å². The first-order valence-electron chi connectivity index (χ1n) is 13.1. The fourth-order valence-corrected chi connectivity index (χ4v) is 5.93. The average molecular weight is 595 g/mol. The maximum absolute atomic E-state index is 13.2. The summed E-state index contributed by atoms with van der Waals surface area (Å²) in [5.74, 6) is -1.71. The molecule has 2 aromatic heterocycles. The van der Waals surface area contributed by atoms with Gasteiger partial charge in [-0.15, -0.1) is 0 Å². The van der Waals surface area contributed by atoms with Crippen molar-refractivity contribution in [1.29, 1.82) is 0 Å². The molecule has 0 N–H and O–H groups in total. The summed E-state index contributed by atoms with van der Waals surface area (Å²) in [6, 6.07) is 1.11. The Morgan fingerprint density at radius 2 is 1.90 bits per heavy atom. The molecule has 2 heterocycles. The normalized spacial score (nSPS) is 19.4. The van der Waals surface area contributed by atoms with Gasteiger partial charge in [-0.25, -0.2) is 8.42 Å². The molecule has 14 heteroatoms. The minimum absolute atomic E-state index is 0.0194. The first kappa shape index (κ1) is 31.8. The molecule has 1 fully saturated rings. The number of aliphatic imine (C=N–C) groups is 1. The topological polar surface area (TPSA) is 95.7 Å². The van der Waals surface area contributed by atoms with Crippen LogP contribution < -0.4 is 4.74 Å². The molecule has 3 rings (SSSR count). The summed E-state index contributed by atoms with van der Waals surface area (Å²) in [6.07, 6.45) is 1.73. The molecule has 0 unspecified atom stereocenters. The van der Waals surface area contributed by atoms with Gasteiger partial charge < -0.3 is 9.47 Å². The number of aryl methyl sites for hydroxylation is 1. The van der Waals surface area contributed by atoms with E-state index in [1.807, 2.05) is 0 Å². The van der Waals surface area contributed by atoms with E-state index in [1.54, 1.807) is 18.5 Å². The molecule has 0 amide bonds. The highest BCUT2D eigenvalue weighted by atomic mass is 32.2. The highest BCUT2D eigenvalue weighted by molar-refractivity contribution is 7.91. The molecule has 1 aliphatic rings. The van der Waals surface area contributed by atoms with Crippen molar-refractivity contribution in [2.45, 2.75) is 84.1 Å². The van der Waals surface area contributed by atoms with Crippen molar-refractivity contribution in [2.75, 3.05) is 12.8 Å². The van der Waals surface area contributed by atoms with Crippen LogP contribution in [0.4, 0.5) is 22.0 Å². The fourth-order valence-electron chi connectivity index (χ4n) is 4.80. The molecule has 0 aliphatic heterocycles. The average Bonchev–Trinajstić information content (AvgIpc) is 3.18. The van der Waals surface area contributed by atoms with Gasteiger partial charge in [0, 0.05) is 49.3 Å². The van der Waals surface area contributed by atoms with Crippen LogP contribution in [0.15, 0.2) is 17.3 Å². The molecule has 2 aromatic rings. The Kier molecular flexibility index (Phi) is 10.5. The third-order valence-corrected chi connectivity index (χ3v) is 8.87. The lowest BCUT2D eigenvalue weighted by atomic mass is 9.89. The molecule has 0 bridgehead atoms. The summed E-state index contributed by atoms with van der Waals surface area (Å²) in [7, 11) is -3.02. The molecule has 1 saturated carbocycles. The summed E-state index contributed by atoms with van der Waals surface area (Å²) in [5.41, 5.74) is 1.75. The molecule has 0 spiro atoms. The van der Waals surface area contributed by atoms with Gasteiger partial charge in [-0.05, 0) is 45.4 Å². The molecular formula is C26H35F5N4O4S. The zero-order chi connectivity index (χ0) is 29.7. The number of halogens is 5. The van der Waals surface area contributed by atoms with E-state index in [9.17, 15) is 30.4 Å². The highest BCUT2D eigenvalue weighted by Gasteiger charge is 2.36. The Morgan fingerprint density at radius 1 is 1.23 bits per heavy atom. The van der Waals surface area contributed by atoms with Crippen LogP contribution in [-0.4, -0.2) is 60.4 Å². The molecular weight excluding hydrogens is 559 g/mol. The van der Waals surface area contributed by atoms with Gasteiger partial charge in [-0.1, -0.05) is 6.92 Å². The second-order valence-electron chi connectivity index (χ2n) is 10.2. The third kappa shape index (κ3) is 8.37. The van der Waals surface area contributed by atoms with Crippen molar-refractivity contribution in [3.8, 4) is 17.0 Å². The van der Waals surface area contributed by atoms with Crippen molar-refractivity contribution in [2.24, 2.45) is 16.8 Å². The van der Waals surface area contributed by atoms with E-state index < -0.39 is 35.0 Å². The number of aromatic nitrogens is 3. The van der Waals surface area contributed by atoms with Crippen LogP contribution in [0.3, 0.4) is 0 Å². The minimum atomic E-state index is -4.45. The fraction of sp³-hybridized carbons (Fsp3) is 0.654. The van der Waals surface area contributed by atoms with Crippen LogP contribution in [0.25, 0.3) is 11.3 Å². The maximum atomic E-state index is 13.2. The van der Waals surface area contributed by atoms with Crippen molar-refractivity contribution < 1.29 is 39.8 Å². The maximum Gasteiger partial charge on any atom is 0.391 e. The van der Waals surface area contributed by atoms with Crippen LogP contribution in [-0.2, 0) is 34.1 Å². The number of nitrogens with zero attached hydrogens (tertiary/aromatic N) is 4. The summed E-state index contributed by atoms with van der Waals surface area (Å²) >= 11 is 0. The Morgan fingerprint density at radius 3 is 2.48 bits per heavy atom. The predicted molar refractivity (Wildman–Crippen MR) is 140 cm³/mol. The summed E-state index contributed by atoms with van der Waals surface area (Å²) in [6.45, 7) is 2.30. The standard InChI is InChI=1S/C26H35F5N4O4S/c1-5-35-24(21-13-33-19(10-16(2)26(29,30)31)11-23(21)39-25(27)28)17(3)22(34-35)14-38-15-32-12-18-6-8-20(9-7-18)40(4,36)37/h11,13,15-16,18,20,25H,5-10,12,14H2,1-4H3/t16-,18?,20?/m1/s1. The molecule has 1 aliphatic carbocycles. The van der Waals surface area contributed by atoms with Gasteiger partial charge in [0.15, 0.2) is 6.40 Å². The molecule has 0 saturated heterocycles. The van der Waals surface area contributed by atoms with Crippen LogP contribution in [0, 0.1) is 18.8 Å². The molecule has 0 radical (unpaired) electrons. The molecule has 1 atom stereocenters. The van der Waals surface area contributed by atoms with Gasteiger partial charge in [0.05, 0.1) is 22.4 Å². The predicted octanol–water partition coefficient (Wildman–Crippen LogP) is 5.76. The number of hydrogen-bond donors (Lipinski definition) is 0. The second-order valence-corrected chi connectivity index (χ2v) is 12.5. The van der Waals surface area contributed by atoms with Crippen LogP contribution in [0.1, 0.15) is 56.5 Å². The van der Waals surface area contributed by atoms with Gasteiger partial charge in [0.2, 0.25) is 0 Å². The number of pyridine rings is 1. The van der Waals surface area contributed by atoms with Gasteiger partial charge in [0.25, 0.3) is 0 Å². The van der Waals surface area contributed by atoms with Crippen molar-refractivity contribution in [3.63, 3.8) is 0 Å². The lowest BCUT2D eigenvalue weighted by Crippen LogP contribution is -2.27. The van der Waals surface area contributed by atoms with E-state index in [2.05, 4.69) is 19.8 Å². The van der Waals surface area contributed by atoms with Gasteiger partial charge >= 0.3 is 12.8 Å². The number of hydrogen-bond acceptors (Lipinski definition) is 7. The summed E-state index contributed by atoms with van der Waals surface area (Å²) < 4.78 is 101. The Balaban J connectivity index is 1.71. The molecule has 40 heavy (non-hydrogen) atoms. The number of alkyl halides is 5. The van der Waals surface area contributed by atoms with E-state index in [1.165, 1.54) is 18.9 Å². The van der Waals surface area contributed by atoms with Gasteiger partial charge in [-0.2, -0.15) is 27.1 Å². The SMILES string of the molecule is CCn1nc(COC=NCC2CCC(S(C)(=O)=O)CC2)c(C)c1-c1cnc(C[C@@H](C)C(F)(F)F)cc1OC(F)F. The summed E-state index contributed by atoms with van der Waals surface area (Å²) in [4.78, 5) is 8.41.